The van der Waals surface area contributed by atoms with E-state index in [1.54, 1.807) is 4.68 Å². The van der Waals surface area contributed by atoms with Crippen molar-refractivity contribution in [2.75, 3.05) is 19.6 Å². The lowest BCUT2D eigenvalue weighted by atomic mass is 9.93. The summed E-state index contributed by atoms with van der Waals surface area (Å²) >= 11 is 0. The third-order valence-corrected chi connectivity index (χ3v) is 5.64. The van der Waals surface area contributed by atoms with Gasteiger partial charge in [-0.05, 0) is 33.6 Å². The summed E-state index contributed by atoms with van der Waals surface area (Å²) in [6.07, 6.45) is 9.28. The maximum atomic E-state index is 12.8. The second-order valence-electron chi connectivity index (χ2n) is 8.89. The molecule has 0 spiro atoms. The van der Waals surface area contributed by atoms with Gasteiger partial charge in [-0.1, -0.05) is 12.8 Å². The first kappa shape index (κ1) is 19.7. The molecule has 1 aromatic heterocycles. The molecule has 2 fully saturated rings. The predicted molar refractivity (Wildman–Crippen MR) is 107 cm³/mol. The van der Waals surface area contributed by atoms with Crippen molar-refractivity contribution >= 4 is 11.9 Å². The highest BCUT2D eigenvalue weighted by Gasteiger charge is 2.45. The molecule has 0 saturated carbocycles. The summed E-state index contributed by atoms with van der Waals surface area (Å²) in [6, 6.07) is -0.00752. The molecule has 0 unspecified atom stereocenters. The van der Waals surface area contributed by atoms with E-state index >= 15 is 0 Å². The Hall–Kier alpha value is -2.05. The Bertz CT molecular complexity index is 681. The van der Waals surface area contributed by atoms with Crippen LogP contribution in [0.25, 0.3) is 0 Å². The van der Waals surface area contributed by atoms with Gasteiger partial charge in [0, 0.05) is 56.3 Å². The first-order chi connectivity index (χ1) is 12.8. The van der Waals surface area contributed by atoms with E-state index in [1.807, 2.05) is 24.3 Å². The number of aliphatic imine (C=N–C) groups is 1. The van der Waals surface area contributed by atoms with E-state index in [0.717, 1.165) is 18.7 Å². The van der Waals surface area contributed by atoms with Gasteiger partial charge in [0.2, 0.25) is 5.91 Å². The van der Waals surface area contributed by atoms with Crippen LogP contribution in [-0.2, 0) is 11.8 Å². The number of nitrogens with two attached hydrogens (primary N) is 1. The highest BCUT2D eigenvalue weighted by Crippen LogP contribution is 2.42. The number of carbonyl (C=O) groups excluding carboxylic acids is 1. The first-order valence-electron chi connectivity index (χ1n) is 10.1. The lowest BCUT2D eigenvalue weighted by molar-refractivity contribution is -0.133. The summed E-state index contributed by atoms with van der Waals surface area (Å²) in [5.41, 5.74) is 7.13. The van der Waals surface area contributed by atoms with Gasteiger partial charge in [-0.25, -0.2) is 0 Å². The Kier molecular flexibility index (Phi) is 5.77. The Balaban J connectivity index is 1.80. The molecule has 7 heteroatoms. The zero-order valence-corrected chi connectivity index (χ0v) is 17.2. The second-order valence-corrected chi connectivity index (χ2v) is 8.89. The minimum atomic E-state index is -0.244. The van der Waals surface area contributed by atoms with Crippen LogP contribution in [0.4, 0.5) is 0 Å². The van der Waals surface area contributed by atoms with Crippen LogP contribution in [0.15, 0.2) is 17.4 Å². The van der Waals surface area contributed by atoms with Crippen molar-refractivity contribution in [1.82, 2.24) is 19.6 Å². The highest BCUT2D eigenvalue weighted by molar-refractivity contribution is 5.81. The number of carbonyl (C=O) groups is 1. The maximum Gasteiger partial charge on any atom is 0.223 e. The molecule has 7 nitrogen and oxygen atoms in total. The van der Waals surface area contributed by atoms with E-state index in [-0.39, 0.29) is 23.4 Å². The average Bonchev–Trinajstić information content (AvgIpc) is 3.03. The quantitative estimate of drug-likeness (QED) is 0.650. The number of guanidine groups is 1. The topological polar surface area (TPSA) is 79.8 Å². The summed E-state index contributed by atoms with van der Waals surface area (Å²) in [6.45, 7) is 8.81. The van der Waals surface area contributed by atoms with Crippen molar-refractivity contribution in [3.8, 4) is 0 Å². The molecule has 2 aliphatic rings. The Labute approximate surface area is 162 Å². The Morgan fingerprint density at radius 2 is 1.93 bits per heavy atom. The number of amides is 1. The van der Waals surface area contributed by atoms with E-state index in [2.05, 4.69) is 30.8 Å². The van der Waals surface area contributed by atoms with Crippen LogP contribution in [0.2, 0.25) is 0 Å². The lowest BCUT2D eigenvalue weighted by Gasteiger charge is -2.38. The highest BCUT2D eigenvalue weighted by atomic mass is 16.2. The van der Waals surface area contributed by atoms with Crippen LogP contribution in [0.3, 0.4) is 0 Å². The smallest absolute Gasteiger partial charge is 0.223 e. The van der Waals surface area contributed by atoms with Gasteiger partial charge in [0.25, 0.3) is 0 Å². The van der Waals surface area contributed by atoms with Crippen molar-refractivity contribution < 1.29 is 4.79 Å². The Morgan fingerprint density at radius 1 is 1.26 bits per heavy atom. The fourth-order valence-corrected chi connectivity index (χ4v) is 4.38. The molecule has 150 valence electrons. The number of nitrogens with zero attached hydrogens (tertiary/aromatic N) is 5. The largest absolute Gasteiger partial charge is 0.370 e. The molecule has 0 aromatic carbocycles. The SMILES string of the molecule is Cn1cc([C@H]2[C@H](CN=C(N)N3CCCCCC3)CC(=O)N2C(C)(C)C)cn1. The number of aryl methyl sites for hydroxylation is 1. The van der Waals surface area contributed by atoms with Crippen LogP contribution < -0.4 is 5.73 Å². The molecule has 0 radical (unpaired) electrons. The van der Waals surface area contributed by atoms with Crippen molar-refractivity contribution in [1.29, 1.82) is 0 Å². The van der Waals surface area contributed by atoms with E-state index in [9.17, 15) is 4.79 Å². The van der Waals surface area contributed by atoms with E-state index in [1.165, 1.54) is 25.7 Å². The van der Waals surface area contributed by atoms with Gasteiger partial charge in [0.05, 0.1) is 12.2 Å². The zero-order chi connectivity index (χ0) is 19.6. The number of hydrogen-bond acceptors (Lipinski definition) is 3. The molecule has 2 saturated heterocycles. The van der Waals surface area contributed by atoms with Gasteiger partial charge in [0.1, 0.15) is 0 Å². The zero-order valence-electron chi connectivity index (χ0n) is 17.2. The fraction of sp³-hybridized carbons (Fsp3) is 0.750. The molecule has 3 heterocycles. The molecule has 1 amide bonds. The molecule has 2 atom stereocenters. The lowest BCUT2D eigenvalue weighted by Crippen LogP contribution is -2.44. The van der Waals surface area contributed by atoms with Crippen LogP contribution >= 0.6 is 0 Å². The molecule has 3 rings (SSSR count). The molecule has 1 aromatic rings. The van der Waals surface area contributed by atoms with Crippen LogP contribution in [0, 0.1) is 5.92 Å². The minimum absolute atomic E-state index is 0.00752. The number of hydrogen-bond donors (Lipinski definition) is 1. The van der Waals surface area contributed by atoms with Crippen LogP contribution in [0.5, 0.6) is 0 Å². The fourth-order valence-electron chi connectivity index (χ4n) is 4.38. The molecular weight excluding hydrogens is 340 g/mol. The van der Waals surface area contributed by atoms with E-state index in [4.69, 9.17) is 10.7 Å². The first-order valence-corrected chi connectivity index (χ1v) is 10.1. The van der Waals surface area contributed by atoms with E-state index in [0.29, 0.717) is 18.9 Å². The van der Waals surface area contributed by atoms with Gasteiger partial charge in [-0.2, -0.15) is 5.10 Å². The average molecular weight is 375 g/mol. The van der Waals surface area contributed by atoms with Gasteiger partial charge >= 0.3 is 0 Å². The summed E-state index contributed by atoms with van der Waals surface area (Å²) in [5, 5.41) is 4.33. The molecule has 2 N–H and O–H groups in total. The molecule has 2 aliphatic heterocycles. The predicted octanol–water partition coefficient (Wildman–Crippen LogP) is 2.30. The minimum Gasteiger partial charge on any atom is -0.370 e. The van der Waals surface area contributed by atoms with Gasteiger partial charge < -0.3 is 15.5 Å². The van der Waals surface area contributed by atoms with Gasteiger partial charge in [-0.15, -0.1) is 0 Å². The number of rotatable bonds is 3. The van der Waals surface area contributed by atoms with Crippen molar-refractivity contribution in [2.24, 2.45) is 23.7 Å². The van der Waals surface area contributed by atoms with Gasteiger partial charge in [0.15, 0.2) is 5.96 Å². The maximum absolute atomic E-state index is 12.8. The van der Waals surface area contributed by atoms with Crippen molar-refractivity contribution in [3.63, 3.8) is 0 Å². The molecule has 0 aliphatic carbocycles. The normalized spacial score (nSPS) is 25.2. The summed E-state index contributed by atoms with van der Waals surface area (Å²) < 4.78 is 1.80. The second kappa shape index (κ2) is 7.90. The standard InChI is InChI=1S/C20H34N6O/c1-20(2,3)26-17(27)11-15(18(26)16-13-23-24(4)14-16)12-22-19(21)25-9-7-5-6-8-10-25/h13-15,18H,5-12H2,1-4H3,(H2,21,22)/t15-,18+/m0/s1. The van der Waals surface area contributed by atoms with Gasteiger partial charge in [-0.3, -0.25) is 14.5 Å². The van der Waals surface area contributed by atoms with Crippen LogP contribution in [-0.4, -0.2) is 56.6 Å². The van der Waals surface area contributed by atoms with Crippen LogP contribution in [0.1, 0.15) is 64.5 Å². The number of likely N-dealkylation sites (tertiary alicyclic amines) is 2. The Morgan fingerprint density at radius 3 is 2.48 bits per heavy atom. The summed E-state index contributed by atoms with van der Waals surface area (Å²) in [4.78, 5) is 21.7. The number of aromatic nitrogens is 2. The molecular formula is C20H34N6O. The summed E-state index contributed by atoms with van der Waals surface area (Å²) in [5.74, 6) is 0.930. The summed E-state index contributed by atoms with van der Waals surface area (Å²) in [7, 11) is 1.91. The van der Waals surface area contributed by atoms with E-state index < -0.39 is 0 Å². The molecule has 27 heavy (non-hydrogen) atoms. The van der Waals surface area contributed by atoms with Crippen molar-refractivity contribution in [2.45, 2.75) is 64.5 Å². The van der Waals surface area contributed by atoms with Crippen molar-refractivity contribution in [3.05, 3.63) is 18.0 Å². The molecule has 0 bridgehead atoms. The third kappa shape index (κ3) is 4.45. The third-order valence-electron chi connectivity index (χ3n) is 5.64. The monoisotopic (exact) mass is 374 g/mol.